The van der Waals surface area contributed by atoms with Crippen LogP contribution >= 0.6 is 0 Å². The van der Waals surface area contributed by atoms with E-state index in [1.165, 1.54) is 0 Å². The van der Waals surface area contributed by atoms with E-state index in [2.05, 4.69) is 30.1 Å². The highest BCUT2D eigenvalue weighted by Crippen LogP contribution is 2.25. The Morgan fingerprint density at radius 3 is 2.53 bits per heavy atom. The van der Waals surface area contributed by atoms with Crippen molar-refractivity contribution in [1.82, 2.24) is 5.32 Å². The molecule has 2 rings (SSSR count). The van der Waals surface area contributed by atoms with E-state index in [0.717, 1.165) is 18.8 Å². The third-order valence-corrected chi connectivity index (χ3v) is 2.96. The molecule has 0 amide bonds. The minimum atomic E-state index is 0.338. The summed E-state index contributed by atoms with van der Waals surface area (Å²) in [4.78, 5) is 2.36. The molecule has 1 heterocycles. The number of nitrogens with one attached hydrogen (secondary N) is 1. The van der Waals surface area contributed by atoms with E-state index in [4.69, 9.17) is 0 Å². The predicted octanol–water partition coefficient (Wildman–Crippen LogP) is 1.58. The van der Waals surface area contributed by atoms with Gasteiger partial charge in [-0.1, -0.05) is 6.07 Å². The summed E-state index contributed by atoms with van der Waals surface area (Å²) in [6.45, 7) is 6.40. The van der Waals surface area contributed by atoms with Crippen LogP contribution in [0.1, 0.15) is 13.8 Å². The highest BCUT2D eigenvalue weighted by atomic mass is 16.3. The average molecular weight is 206 g/mol. The van der Waals surface area contributed by atoms with Crippen molar-refractivity contribution in [2.24, 2.45) is 0 Å². The van der Waals surface area contributed by atoms with Crippen LogP contribution in [0, 0.1) is 0 Å². The van der Waals surface area contributed by atoms with Crippen LogP contribution in [0.4, 0.5) is 5.69 Å². The van der Waals surface area contributed by atoms with E-state index >= 15 is 0 Å². The standard InChI is InChI=1S/C12H18N2O/c1-9-7-13-8-10(2)14(9)11-4-3-5-12(15)6-11/h3-6,9-10,13,15H,7-8H2,1-2H3/t9-,10+. The second-order valence-corrected chi connectivity index (χ2v) is 4.28. The Morgan fingerprint density at radius 2 is 1.93 bits per heavy atom. The Hall–Kier alpha value is -1.22. The maximum atomic E-state index is 9.47. The van der Waals surface area contributed by atoms with E-state index < -0.39 is 0 Å². The van der Waals surface area contributed by atoms with Crippen LogP contribution in [-0.2, 0) is 0 Å². The Kier molecular flexibility index (Phi) is 2.82. The molecule has 1 fully saturated rings. The molecule has 1 aromatic carbocycles. The molecule has 15 heavy (non-hydrogen) atoms. The maximum Gasteiger partial charge on any atom is 0.117 e. The molecular weight excluding hydrogens is 188 g/mol. The number of phenolic OH excluding ortho intramolecular Hbond substituents is 1. The summed E-state index contributed by atoms with van der Waals surface area (Å²) >= 11 is 0. The second kappa shape index (κ2) is 4.11. The number of hydrogen-bond donors (Lipinski definition) is 2. The van der Waals surface area contributed by atoms with Gasteiger partial charge in [0.2, 0.25) is 0 Å². The molecule has 82 valence electrons. The Balaban J connectivity index is 2.27. The van der Waals surface area contributed by atoms with Crippen molar-refractivity contribution < 1.29 is 5.11 Å². The zero-order chi connectivity index (χ0) is 10.8. The minimum absolute atomic E-state index is 0.338. The molecule has 0 unspecified atom stereocenters. The topological polar surface area (TPSA) is 35.5 Å². The van der Waals surface area contributed by atoms with Gasteiger partial charge in [0.15, 0.2) is 0 Å². The minimum Gasteiger partial charge on any atom is -0.508 e. The van der Waals surface area contributed by atoms with Gasteiger partial charge in [0.05, 0.1) is 0 Å². The van der Waals surface area contributed by atoms with Crippen LogP contribution in [0.3, 0.4) is 0 Å². The van der Waals surface area contributed by atoms with Crippen molar-refractivity contribution in [3.05, 3.63) is 24.3 Å². The first kappa shape index (κ1) is 10.3. The molecule has 0 spiro atoms. The number of aromatic hydroxyl groups is 1. The summed E-state index contributed by atoms with van der Waals surface area (Å²) in [5, 5.41) is 12.9. The first-order chi connectivity index (χ1) is 7.18. The van der Waals surface area contributed by atoms with Crippen molar-refractivity contribution in [3.8, 4) is 5.75 Å². The van der Waals surface area contributed by atoms with Gasteiger partial charge in [-0.15, -0.1) is 0 Å². The lowest BCUT2D eigenvalue weighted by Gasteiger charge is -2.41. The normalized spacial score (nSPS) is 26.7. The summed E-state index contributed by atoms with van der Waals surface area (Å²) in [5.41, 5.74) is 1.11. The number of anilines is 1. The SMILES string of the molecule is C[C@@H]1CNC[C@H](C)N1c1cccc(O)c1. The molecule has 1 aromatic rings. The largest absolute Gasteiger partial charge is 0.508 e. The molecule has 0 aromatic heterocycles. The van der Waals surface area contributed by atoms with E-state index in [-0.39, 0.29) is 0 Å². The summed E-state index contributed by atoms with van der Waals surface area (Å²) < 4.78 is 0. The summed E-state index contributed by atoms with van der Waals surface area (Å²) in [6, 6.07) is 8.43. The predicted molar refractivity (Wildman–Crippen MR) is 62.4 cm³/mol. The smallest absolute Gasteiger partial charge is 0.117 e. The Morgan fingerprint density at radius 1 is 1.27 bits per heavy atom. The van der Waals surface area contributed by atoms with Gasteiger partial charge in [0, 0.05) is 36.9 Å². The maximum absolute atomic E-state index is 9.47. The third kappa shape index (κ3) is 2.07. The molecule has 0 radical (unpaired) electrons. The van der Waals surface area contributed by atoms with Crippen molar-refractivity contribution >= 4 is 5.69 Å². The summed E-state index contributed by atoms with van der Waals surface area (Å²) in [6.07, 6.45) is 0. The lowest BCUT2D eigenvalue weighted by atomic mass is 10.1. The molecule has 1 saturated heterocycles. The van der Waals surface area contributed by atoms with E-state index in [1.807, 2.05) is 12.1 Å². The van der Waals surface area contributed by atoms with E-state index in [0.29, 0.717) is 17.8 Å². The molecule has 0 bridgehead atoms. The van der Waals surface area contributed by atoms with Crippen LogP contribution in [0.5, 0.6) is 5.75 Å². The highest BCUT2D eigenvalue weighted by Gasteiger charge is 2.24. The van der Waals surface area contributed by atoms with Crippen molar-refractivity contribution in [2.75, 3.05) is 18.0 Å². The van der Waals surface area contributed by atoms with Crippen LogP contribution in [0.15, 0.2) is 24.3 Å². The van der Waals surface area contributed by atoms with Gasteiger partial charge in [-0.3, -0.25) is 0 Å². The Labute approximate surface area is 90.7 Å². The number of piperazine rings is 1. The third-order valence-electron chi connectivity index (χ3n) is 2.96. The number of benzene rings is 1. The van der Waals surface area contributed by atoms with Gasteiger partial charge in [-0.05, 0) is 26.0 Å². The molecule has 1 aliphatic rings. The highest BCUT2D eigenvalue weighted by molar-refractivity contribution is 5.52. The average Bonchev–Trinajstić information content (AvgIpc) is 2.17. The number of phenols is 1. The molecule has 3 nitrogen and oxygen atoms in total. The van der Waals surface area contributed by atoms with Crippen molar-refractivity contribution in [2.45, 2.75) is 25.9 Å². The van der Waals surface area contributed by atoms with Crippen LogP contribution in [0.2, 0.25) is 0 Å². The summed E-state index contributed by atoms with van der Waals surface area (Å²) in [7, 11) is 0. The molecule has 2 N–H and O–H groups in total. The second-order valence-electron chi connectivity index (χ2n) is 4.28. The van der Waals surface area contributed by atoms with E-state index in [9.17, 15) is 5.11 Å². The van der Waals surface area contributed by atoms with Gasteiger partial charge in [0.1, 0.15) is 5.75 Å². The number of hydrogen-bond acceptors (Lipinski definition) is 3. The van der Waals surface area contributed by atoms with Gasteiger partial charge < -0.3 is 15.3 Å². The zero-order valence-electron chi connectivity index (χ0n) is 9.27. The zero-order valence-corrected chi connectivity index (χ0v) is 9.27. The van der Waals surface area contributed by atoms with Gasteiger partial charge in [-0.2, -0.15) is 0 Å². The fraction of sp³-hybridized carbons (Fsp3) is 0.500. The van der Waals surface area contributed by atoms with Gasteiger partial charge in [-0.25, -0.2) is 0 Å². The monoisotopic (exact) mass is 206 g/mol. The molecule has 3 heteroatoms. The lowest BCUT2D eigenvalue weighted by molar-refractivity contribution is 0.430. The first-order valence-electron chi connectivity index (χ1n) is 5.46. The van der Waals surface area contributed by atoms with Crippen molar-refractivity contribution in [3.63, 3.8) is 0 Å². The fourth-order valence-corrected chi connectivity index (χ4v) is 2.29. The molecule has 0 saturated carbocycles. The number of nitrogens with zero attached hydrogens (tertiary/aromatic N) is 1. The molecular formula is C12H18N2O. The Bertz CT molecular complexity index is 330. The van der Waals surface area contributed by atoms with E-state index in [1.54, 1.807) is 6.07 Å². The lowest BCUT2D eigenvalue weighted by Crippen LogP contribution is -2.55. The quantitative estimate of drug-likeness (QED) is 0.732. The van der Waals surface area contributed by atoms with Gasteiger partial charge in [0.25, 0.3) is 0 Å². The van der Waals surface area contributed by atoms with Crippen LogP contribution in [-0.4, -0.2) is 30.3 Å². The fourth-order valence-electron chi connectivity index (χ4n) is 2.29. The number of rotatable bonds is 1. The molecule has 0 aliphatic carbocycles. The summed E-state index contributed by atoms with van der Waals surface area (Å²) in [5.74, 6) is 0.338. The van der Waals surface area contributed by atoms with Crippen LogP contribution in [0.25, 0.3) is 0 Å². The van der Waals surface area contributed by atoms with Gasteiger partial charge >= 0.3 is 0 Å². The molecule has 2 atom stereocenters. The van der Waals surface area contributed by atoms with Crippen molar-refractivity contribution in [1.29, 1.82) is 0 Å². The first-order valence-corrected chi connectivity index (χ1v) is 5.46. The molecule has 1 aliphatic heterocycles. The van der Waals surface area contributed by atoms with Crippen LogP contribution < -0.4 is 10.2 Å².